The maximum absolute atomic E-state index is 6.33. The highest BCUT2D eigenvalue weighted by Crippen LogP contribution is 2.35. The molecule has 1 aliphatic rings. The van der Waals surface area contributed by atoms with Gasteiger partial charge >= 0.3 is 0 Å². The topological polar surface area (TPSA) is 64.9 Å². The summed E-state index contributed by atoms with van der Waals surface area (Å²) in [4.78, 5) is 4.45. The summed E-state index contributed by atoms with van der Waals surface area (Å²) in [6, 6.07) is 5.53. The summed E-state index contributed by atoms with van der Waals surface area (Å²) in [6.07, 6.45) is 4.12. The van der Waals surface area contributed by atoms with Gasteiger partial charge in [-0.25, -0.2) is 0 Å². The first kappa shape index (κ1) is 16.1. The first-order valence-electron chi connectivity index (χ1n) is 7.20. The van der Waals surface area contributed by atoms with Crippen molar-refractivity contribution in [3.05, 3.63) is 45.5 Å². The molecule has 118 valence electrons. The number of rotatable bonds is 5. The predicted octanol–water partition coefficient (Wildman–Crippen LogP) is 4.54. The number of halogens is 2. The van der Waals surface area contributed by atoms with Gasteiger partial charge in [0.15, 0.2) is 5.82 Å². The van der Waals surface area contributed by atoms with Crippen LogP contribution in [0.2, 0.25) is 10.0 Å². The molecule has 0 unspecified atom stereocenters. The molecule has 0 saturated heterocycles. The van der Waals surface area contributed by atoms with E-state index in [0.717, 1.165) is 37.0 Å². The van der Waals surface area contributed by atoms with Crippen LogP contribution in [0.1, 0.15) is 43.0 Å². The lowest BCUT2D eigenvalue weighted by Crippen LogP contribution is -2.34. The summed E-state index contributed by atoms with van der Waals surface area (Å²) in [6.45, 7) is 0. The molecule has 2 N–H and O–H groups in total. The Morgan fingerprint density at radius 3 is 2.73 bits per heavy atom. The summed E-state index contributed by atoms with van der Waals surface area (Å²) in [5, 5.41) is 5.38. The molecule has 0 bridgehead atoms. The van der Waals surface area contributed by atoms with E-state index in [0.29, 0.717) is 27.5 Å². The summed E-state index contributed by atoms with van der Waals surface area (Å²) in [7, 11) is 0. The van der Waals surface area contributed by atoms with Crippen molar-refractivity contribution >= 4 is 35.0 Å². The van der Waals surface area contributed by atoms with Crippen molar-refractivity contribution in [2.75, 3.05) is 0 Å². The number of hydrogen-bond donors (Lipinski definition) is 1. The molecule has 7 heteroatoms. The van der Waals surface area contributed by atoms with Crippen molar-refractivity contribution in [2.45, 2.75) is 42.7 Å². The number of benzene rings is 1. The van der Waals surface area contributed by atoms with Crippen LogP contribution in [0.4, 0.5) is 0 Å². The van der Waals surface area contributed by atoms with Crippen molar-refractivity contribution in [3.8, 4) is 0 Å². The van der Waals surface area contributed by atoms with Crippen LogP contribution in [0.3, 0.4) is 0 Å². The number of thioether (sulfide) groups is 1. The summed E-state index contributed by atoms with van der Waals surface area (Å²) in [5.41, 5.74) is 6.97. The maximum Gasteiger partial charge on any atom is 0.236 e. The third-order valence-electron chi connectivity index (χ3n) is 3.91. The highest BCUT2D eigenvalue weighted by Gasteiger charge is 2.35. The normalized spacial score (nSPS) is 17.0. The Labute approximate surface area is 143 Å². The van der Waals surface area contributed by atoms with Gasteiger partial charge in [-0.2, -0.15) is 4.98 Å². The molecule has 22 heavy (non-hydrogen) atoms. The molecule has 1 heterocycles. The molecule has 0 radical (unpaired) electrons. The van der Waals surface area contributed by atoms with Gasteiger partial charge in [0.25, 0.3) is 0 Å². The Hall–Kier alpha value is -0.750. The highest BCUT2D eigenvalue weighted by molar-refractivity contribution is 7.97. The second kappa shape index (κ2) is 6.79. The zero-order valence-corrected chi connectivity index (χ0v) is 14.3. The molecular weight excluding hydrogens is 341 g/mol. The first-order chi connectivity index (χ1) is 10.6. The van der Waals surface area contributed by atoms with E-state index < -0.39 is 5.54 Å². The fourth-order valence-electron chi connectivity index (χ4n) is 2.63. The van der Waals surface area contributed by atoms with Gasteiger partial charge in [-0.1, -0.05) is 47.3 Å². The zero-order valence-electron chi connectivity index (χ0n) is 12.0. The summed E-state index contributed by atoms with van der Waals surface area (Å²) < 4.78 is 5.31. The van der Waals surface area contributed by atoms with E-state index in [1.807, 2.05) is 12.1 Å². The van der Waals surface area contributed by atoms with Gasteiger partial charge in [0.05, 0.1) is 11.3 Å². The lowest BCUT2D eigenvalue weighted by Gasteiger charge is -2.17. The highest BCUT2D eigenvalue weighted by atomic mass is 35.5. The SMILES string of the molecule is NC1(c2noc(CSCc3ccc(Cl)cc3Cl)n2)CCCC1. The van der Waals surface area contributed by atoms with Crippen molar-refractivity contribution < 1.29 is 4.52 Å². The van der Waals surface area contributed by atoms with Gasteiger partial charge < -0.3 is 10.3 Å². The molecule has 4 nitrogen and oxygen atoms in total. The average Bonchev–Trinajstić information content (AvgIpc) is 3.11. The van der Waals surface area contributed by atoms with E-state index in [2.05, 4.69) is 10.1 Å². The Bertz CT molecular complexity index is 656. The van der Waals surface area contributed by atoms with Crippen LogP contribution in [-0.2, 0) is 17.0 Å². The van der Waals surface area contributed by atoms with E-state index in [1.165, 1.54) is 0 Å². The van der Waals surface area contributed by atoms with Gasteiger partial charge in [0, 0.05) is 15.8 Å². The molecule has 0 spiro atoms. The number of nitrogens with two attached hydrogens (primary N) is 1. The fourth-order valence-corrected chi connectivity index (χ4v) is 4.05. The molecule has 1 aromatic heterocycles. The van der Waals surface area contributed by atoms with Crippen LogP contribution in [0.5, 0.6) is 0 Å². The molecular formula is C15H17Cl2N3OS. The molecule has 0 aliphatic heterocycles. The van der Waals surface area contributed by atoms with Crippen LogP contribution >= 0.6 is 35.0 Å². The van der Waals surface area contributed by atoms with Crippen molar-refractivity contribution in [1.29, 1.82) is 0 Å². The summed E-state index contributed by atoms with van der Waals surface area (Å²) in [5.74, 6) is 2.66. The standard InChI is InChI=1S/C15H17Cl2N3OS/c16-11-4-3-10(12(17)7-11)8-22-9-13-19-14(20-21-13)15(18)5-1-2-6-15/h3-4,7H,1-2,5-6,8-9,18H2. The molecule has 1 saturated carbocycles. The zero-order chi connectivity index (χ0) is 15.6. The molecule has 3 rings (SSSR count). The van der Waals surface area contributed by atoms with E-state index in [-0.39, 0.29) is 0 Å². The van der Waals surface area contributed by atoms with E-state index in [1.54, 1.807) is 17.8 Å². The van der Waals surface area contributed by atoms with Crippen molar-refractivity contribution in [3.63, 3.8) is 0 Å². The Kier molecular flexibility index (Phi) is 4.97. The Morgan fingerprint density at radius 2 is 2.00 bits per heavy atom. The molecule has 1 aliphatic carbocycles. The summed E-state index contributed by atoms with van der Waals surface area (Å²) >= 11 is 13.7. The largest absolute Gasteiger partial charge is 0.338 e. The Morgan fingerprint density at radius 1 is 1.23 bits per heavy atom. The van der Waals surface area contributed by atoms with Crippen molar-refractivity contribution in [2.24, 2.45) is 5.73 Å². The van der Waals surface area contributed by atoms with E-state index >= 15 is 0 Å². The predicted molar refractivity (Wildman–Crippen MR) is 90.1 cm³/mol. The Balaban J connectivity index is 1.57. The quantitative estimate of drug-likeness (QED) is 0.850. The lowest BCUT2D eigenvalue weighted by molar-refractivity contribution is 0.355. The lowest BCUT2D eigenvalue weighted by atomic mass is 9.99. The second-order valence-electron chi connectivity index (χ2n) is 5.60. The molecule has 1 aromatic carbocycles. The second-order valence-corrected chi connectivity index (χ2v) is 7.43. The molecule has 1 fully saturated rings. The van der Waals surface area contributed by atoms with Crippen LogP contribution < -0.4 is 5.73 Å². The third kappa shape index (κ3) is 3.59. The van der Waals surface area contributed by atoms with Gasteiger partial charge in [-0.15, -0.1) is 11.8 Å². The number of nitrogens with zero attached hydrogens (tertiary/aromatic N) is 2. The van der Waals surface area contributed by atoms with Gasteiger partial charge in [0.1, 0.15) is 0 Å². The smallest absolute Gasteiger partial charge is 0.236 e. The average molecular weight is 358 g/mol. The minimum atomic E-state index is -0.397. The van der Waals surface area contributed by atoms with Gasteiger partial charge in [-0.3, -0.25) is 0 Å². The van der Waals surface area contributed by atoms with E-state index in [9.17, 15) is 0 Å². The minimum absolute atomic E-state index is 0.397. The van der Waals surface area contributed by atoms with Crippen LogP contribution in [0, 0.1) is 0 Å². The van der Waals surface area contributed by atoms with Gasteiger partial charge in [0.2, 0.25) is 5.89 Å². The molecule has 2 aromatic rings. The van der Waals surface area contributed by atoms with Crippen molar-refractivity contribution in [1.82, 2.24) is 10.1 Å². The molecule has 0 amide bonds. The maximum atomic E-state index is 6.33. The fraction of sp³-hybridized carbons (Fsp3) is 0.467. The van der Waals surface area contributed by atoms with Crippen LogP contribution in [0.25, 0.3) is 0 Å². The number of aromatic nitrogens is 2. The van der Waals surface area contributed by atoms with Gasteiger partial charge in [-0.05, 0) is 30.5 Å². The first-order valence-corrected chi connectivity index (χ1v) is 9.11. The van der Waals surface area contributed by atoms with Crippen LogP contribution in [-0.4, -0.2) is 10.1 Å². The third-order valence-corrected chi connectivity index (χ3v) is 5.46. The molecule has 0 atom stereocenters. The number of hydrogen-bond acceptors (Lipinski definition) is 5. The van der Waals surface area contributed by atoms with Crippen LogP contribution in [0.15, 0.2) is 22.7 Å². The monoisotopic (exact) mass is 357 g/mol. The van der Waals surface area contributed by atoms with E-state index in [4.69, 9.17) is 33.5 Å². The minimum Gasteiger partial charge on any atom is -0.338 e.